The van der Waals surface area contributed by atoms with Crippen LogP contribution in [0.1, 0.15) is 46.7 Å². The third kappa shape index (κ3) is 6.88. The fourth-order valence-electron chi connectivity index (χ4n) is 5.67. The molecule has 0 N–H and O–H groups in total. The zero-order valence-corrected chi connectivity index (χ0v) is 22.6. The molecule has 0 radical (unpaired) electrons. The van der Waals surface area contributed by atoms with E-state index in [0.717, 1.165) is 36.6 Å². The molecular weight excluding hydrogens is 541 g/mol. The number of likely N-dealkylation sites (N-methyl/N-ethyl adjacent to an activating group) is 1. The van der Waals surface area contributed by atoms with Gasteiger partial charge in [0.15, 0.2) is 0 Å². The number of urea groups is 1. The average Bonchev–Trinajstić information content (AvgIpc) is 2.87. The highest BCUT2D eigenvalue weighted by Crippen LogP contribution is 2.38. The first-order valence-electron chi connectivity index (χ1n) is 13.1. The maximum atomic E-state index is 13.9. The second-order valence-electron chi connectivity index (χ2n) is 10.8. The summed E-state index contributed by atoms with van der Waals surface area (Å²) in [6.07, 6.45) is -8.71. The lowest BCUT2D eigenvalue weighted by Gasteiger charge is -2.46. The van der Waals surface area contributed by atoms with E-state index in [1.54, 1.807) is 17.9 Å². The summed E-state index contributed by atoms with van der Waals surface area (Å²) in [5, 5.41) is 0. The number of nitrogens with zero attached hydrogens (tertiary/aromatic N) is 4. The lowest BCUT2D eigenvalue weighted by Crippen LogP contribution is -2.55. The number of benzene rings is 2. The normalized spacial score (nSPS) is 21.5. The summed E-state index contributed by atoms with van der Waals surface area (Å²) >= 11 is 0. The topological polar surface area (TPSA) is 30.0 Å². The third-order valence-corrected chi connectivity index (χ3v) is 7.86. The number of halogens is 7. The van der Waals surface area contributed by atoms with E-state index < -0.39 is 47.9 Å². The number of aryl methyl sites for hydroxylation is 1. The zero-order valence-electron chi connectivity index (χ0n) is 22.6. The summed E-state index contributed by atoms with van der Waals surface area (Å²) in [6.45, 7) is 5.24. The van der Waals surface area contributed by atoms with Crippen molar-refractivity contribution >= 4 is 6.03 Å². The van der Waals surface area contributed by atoms with Crippen LogP contribution in [-0.4, -0.2) is 78.5 Å². The van der Waals surface area contributed by atoms with E-state index >= 15 is 0 Å². The van der Waals surface area contributed by atoms with E-state index in [-0.39, 0.29) is 17.7 Å². The monoisotopic (exact) mass is 574 g/mol. The van der Waals surface area contributed by atoms with Crippen LogP contribution in [0.25, 0.3) is 0 Å². The van der Waals surface area contributed by atoms with Gasteiger partial charge < -0.3 is 14.7 Å². The van der Waals surface area contributed by atoms with Gasteiger partial charge in [0, 0.05) is 52.4 Å². The van der Waals surface area contributed by atoms with E-state index in [4.69, 9.17) is 0 Å². The predicted octanol–water partition coefficient (Wildman–Crippen LogP) is 6.18. The van der Waals surface area contributed by atoms with Crippen LogP contribution >= 0.6 is 0 Å². The second kappa shape index (κ2) is 11.6. The van der Waals surface area contributed by atoms with Crippen LogP contribution in [0.2, 0.25) is 0 Å². The summed E-state index contributed by atoms with van der Waals surface area (Å²) in [6, 6.07) is 4.94. The molecule has 2 aromatic rings. The van der Waals surface area contributed by atoms with Gasteiger partial charge in [-0.25, -0.2) is 9.18 Å². The second-order valence-corrected chi connectivity index (χ2v) is 10.8. The van der Waals surface area contributed by atoms with Gasteiger partial charge in [-0.1, -0.05) is 6.07 Å². The number of carbonyl (C=O) groups is 1. The Hall–Kier alpha value is -2.86. The molecule has 2 aromatic carbocycles. The molecule has 5 nitrogen and oxygen atoms in total. The van der Waals surface area contributed by atoms with Crippen LogP contribution in [0.4, 0.5) is 35.5 Å². The summed E-state index contributed by atoms with van der Waals surface area (Å²) in [7, 11) is 3.41. The van der Waals surface area contributed by atoms with Gasteiger partial charge in [-0.2, -0.15) is 26.3 Å². The van der Waals surface area contributed by atoms with E-state index in [2.05, 4.69) is 16.8 Å². The minimum absolute atomic E-state index is 0.0712. The number of piperazine rings is 1. The molecule has 1 unspecified atom stereocenters. The summed E-state index contributed by atoms with van der Waals surface area (Å²) in [4.78, 5) is 21.0. The van der Waals surface area contributed by atoms with Crippen LogP contribution in [-0.2, 0) is 18.9 Å². The van der Waals surface area contributed by atoms with Crippen molar-refractivity contribution in [1.82, 2.24) is 19.6 Å². The standard InChI is InChI=1S/C28H33F7N4O/c1-18-12-22(29)4-5-24(18)25-16-23(38-10-8-36(2)9-11-38)6-7-39(25)26(40)37(3)17-19-13-20(27(30,31)32)15-21(14-19)28(33,34)35/h4-5,12-15,23,25H,6-11,16-17H2,1-3H3/t23?,25-/m1/s1. The van der Waals surface area contributed by atoms with E-state index in [1.807, 2.05) is 0 Å². The quantitative estimate of drug-likeness (QED) is 0.409. The van der Waals surface area contributed by atoms with Crippen LogP contribution < -0.4 is 0 Å². The molecule has 2 atom stereocenters. The fraction of sp³-hybridized carbons (Fsp3) is 0.536. The van der Waals surface area contributed by atoms with Crippen molar-refractivity contribution in [3.63, 3.8) is 0 Å². The maximum Gasteiger partial charge on any atom is 0.416 e. The Kier molecular flexibility index (Phi) is 8.70. The van der Waals surface area contributed by atoms with Crippen molar-refractivity contribution in [2.75, 3.05) is 46.8 Å². The van der Waals surface area contributed by atoms with Gasteiger partial charge in [0.2, 0.25) is 0 Å². The Morgan fingerprint density at radius 3 is 2.08 bits per heavy atom. The number of hydrogen-bond acceptors (Lipinski definition) is 3. The molecule has 2 aliphatic rings. The van der Waals surface area contributed by atoms with Crippen molar-refractivity contribution in [2.24, 2.45) is 0 Å². The lowest BCUT2D eigenvalue weighted by molar-refractivity contribution is -0.143. The molecule has 40 heavy (non-hydrogen) atoms. The molecule has 0 aliphatic carbocycles. The Bertz CT molecular complexity index is 1180. The summed E-state index contributed by atoms with van der Waals surface area (Å²) in [5.74, 6) is -0.410. The highest BCUT2D eigenvalue weighted by atomic mass is 19.4. The average molecular weight is 575 g/mol. The van der Waals surface area contributed by atoms with E-state index in [1.165, 1.54) is 19.2 Å². The van der Waals surface area contributed by atoms with Gasteiger partial charge >= 0.3 is 18.4 Å². The van der Waals surface area contributed by atoms with Gasteiger partial charge in [-0.3, -0.25) is 4.90 Å². The van der Waals surface area contributed by atoms with Crippen molar-refractivity contribution in [1.29, 1.82) is 0 Å². The number of alkyl halides is 6. The maximum absolute atomic E-state index is 13.9. The van der Waals surface area contributed by atoms with Crippen molar-refractivity contribution in [3.8, 4) is 0 Å². The van der Waals surface area contributed by atoms with E-state index in [0.29, 0.717) is 37.1 Å². The molecule has 0 aromatic heterocycles. The Morgan fingerprint density at radius 2 is 1.52 bits per heavy atom. The molecule has 4 rings (SSSR count). The Morgan fingerprint density at radius 1 is 0.925 bits per heavy atom. The molecule has 0 saturated carbocycles. The molecule has 2 heterocycles. The molecule has 2 aliphatic heterocycles. The molecule has 0 spiro atoms. The molecule has 2 saturated heterocycles. The largest absolute Gasteiger partial charge is 0.416 e. The SMILES string of the molecule is Cc1cc(F)ccc1[C@H]1CC(N2CCN(C)CC2)CCN1C(=O)N(C)Cc1cc(C(F)(F)F)cc(C(F)(F)F)c1. The zero-order chi connectivity index (χ0) is 29.4. The number of piperidine rings is 1. The van der Waals surface area contributed by atoms with Crippen LogP contribution in [0, 0.1) is 12.7 Å². The van der Waals surface area contributed by atoms with Crippen molar-refractivity contribution in [2.45, 2.75) is 50.7 Å². The molecular formula is C28H33F7N4O. The number of carbonyl (C=O) groups excluding carboxylic acids is 1. The van der Waals surface area contributed by atoms with Gasteiger partial charge in [0.25, 0.3) is 0 Å². The molecule has 2 fully saturated rings. The van der Waals surface area contributed by atoms with Crippen LogP contribution in [0.5, 0.6) is 0 Å². The predicted molar refractivity (Wildman–Crippen MR) is 136 cm³/mol. The molecule has 0 bridgehead atoms. The van der Waals surface area contributed by atoms with Gasteiger partial charge in [-0.05, 0) is 73.8 Å². The first-order valence-corrected chi connectivity index (χ1v) is 13.1. The lowest BCUT2D eigenvalue weighted by atomic mass is 9.88. The van der Waals surface area contributed by atoms with Gasteiger partial charge in [0.05, 0.1) is 17.2 Å². The number of likely N-dealkylation sites (tertiary alicyclic amines) is 1. The first kappa shape index (κ1) is 30.1. The van der Waals surface area contributed by atoms with Crippen molar-refractivity contribution in [3.05, 3.63) is 70.0 Å². The van der Waals surface area contributed by atoms with Gasteiger partial charge in [0.1, 0.15) is 5.82 Å². The smallest absolute Gasteiger partial charge is 0.323 e. The number of hydrogen-bond donors (Lipinski definition) is 0. The third-order valence-electron chi connectivity index (χ3n) is 7.86. The number of amides is 2. The van der Waals surface area contributed by atoms with Crippen LogP contribution in [0.15, 0.2) is 36.4 Å². The molecule has 12 heteroatoms. The number of rotatable bonds is 4. The van der Waals surface area contributed by atoms with Crippen LogP contribution in [0.3, 0.4) is 0 Å². The first-order chi connectivity index (χ1) is 18.6. The minimum atomic E-state index is -4.98. The molecule has 220 valence electrons. The van der Waals surface area contributed by atoms with E-state index in [9.17, 15) is 35.5 Å². The summed E-state index contributed by atoms with van der Waals surface area (Å²) in [5.41, 5.74) is -1.70. The highest BCUT2D eigenvalue weighted by molar-refractivity contribution is 5.75. The molecule has 2 amide bonds. The highest BCUT2D eigenvalue weighted by Gasteiger charge is 2.39. The van der Waals surface area contributed by atoms with Gasteiger partial charge in [-0.15, -0.1) is 0 Å². The Labute approximate surface area is 229 Å². The Balaban J connectivity index is 1.59. The fourth-order valence-corrected chi connectivity index (χ4v) is 5.67. The minimum Gasteiger partial charge on any atom is -0.323 e. The summed E-state index contributed by atoms with van der Waals surface area (Å²) < 4.78 is 94.0. The van der Waals surface area contributed by atoms with Crippen molar-refractivity contribution < 1.29 is 35.5 Å².